The van der Waals surface area contributed by atoms with E-state index < -0.39 is 50.5 Å². The summed E-state index contributed by atoms with van der Waals surface area (Å²) in [4.78, 5) is 7.18. The van der Waals surface area contributed by atoms with E-state index in [0.29, 0.717) is 24.7 Å². The van der Waals surface area contributed by atoms with Crippen LogP contribution in [0.1, 0.15) is 0 Å². The van der Waals surface area contributed by atoms with Gasteiger partial charge in [-0.15, -0.1) is 0 Å². The van der Waals surface area contributed by atoms with Crippen molar-refractivity contribution in [3.8, 4) is 5.75 Å². The first kappa shape index (κ1) is 28.7. The van der Waals surface area contributed by atoms with Gasteiger partial charge in [-0.2, -0.15) is 4.98 Å². The summed E-state index contributed by atoms with van der Waals surface area (Å²) in [6.07, 6.45) is 1.94. The zero-order chi connectivity index (χ0) is 28.8. The van der Waals surface area contributed by atoms with Crippen molar-refractivity contribution < 1.29 is 35.6 Å². The van der Waals surface area contributed by atoms with E-state index in [0.717, 1.165) is 12.5 Å². The van der Waals surface area contributed by atoms with Gasteiger partial charge in [-0.3, -0.25) is 4.21 Å². The highest BCUT2D eigenvalue weighted by atomic mass is 32.2. The van der Waals surface area contributed by atoms with E-state index in [2.05, 4.69) is 25.9 Å². The van der Waals surface area contributed by atoms with Gasteiger partial charge in [-0.25, -0.2) is 26.9 Å². The standard InChI is InChI=1S/C26H22F5N5O3S/c1-38-10-11-39-17-8-6-14(7-9-17)35-26-32-13-18(27)25(36-26)34-16-5-3-4-15(12-16)33-23-21(30)19(28)20(29)22(31)24(23)40(2)37/h3-9,12-13,33H,10-11H2,1-2H3,(H2,32,34,35,36)/t40-/m0/s1. The Morgan fingerprint density at radius 3 is 2.17 bits per heavy atom. The van der Waals surface area contributed by atoms with Gasteiger partial charge < -0.3 is 25.4 Å². The Morgan fingerprint density at radius 1 is 0.825 bits per heavy atom. The van der Waals surface area contributed by atoms with Gasteiger partial charge in [0.1, 0.15) is 17.3 Å². The van der Waals surface area contributed by atoms with Gasteiger partial charge in [0.25, 0.3) is 0 Å². The molecule has 0 bridgehead atoms. The van der Waals surface area contributed by atoms with Gasteiger partial charge in [0, 0.05) is 30.4 Å². The maximum atomic E-state index is 14.5. The number of halogens is 5. The number of benzene rings is 3. The van der Waals surface area contributed by atoms with E-state index in [4.69, 9.17) is 9.47 Å². The maximum Gasteiger partial charge on any atom is 0.229 e. The van der Waals surface area contributed by atoms with Crippen molar-refractivity contribution in [3.63, 3.8) is 0 Å². The van der Waals surface area contributed by atoms with Crippen LogP contribution in [0.15, 0.2) is 59.6 Å². The molecule has 210 valence electrons. The molecule has 40 heavy (non-hydrogen) atoms. The molecule has 0 amide bonds. The number of nitrogens with one attached hydrogen (secondary N) is 3. The van der Waals surface area contributed by atoms with Gasteiger partial charge in [0.2, 0.25) is 5.95 Å². The summed E-state index contributed by atoms with van der Waals surface area (Å²) in [6, 6.07) is 12.6. The first-order valence-electron chi connectivity index (χ1n) is 11.5. The second kappa shape index (κ2) is 12.7. The minimum absolute atomic E-state index is 0.0700. The lowest BCUT2D eigenvalue weighted by atomic mass is 10.2. The minimum Gasteiger partial charge on any atom is -0.491 e. The zero-order valence-electron chi connectivity index (χ0n) is 21.0. The summed E-state index contributed by atoms with van der Waals surface area (Å²) in [5, 5.41) is 8.11. The highest BCUT2D eigenvalue weighted by Crippen LogP contribution is 2.34. The molecule has 1 heterocycles. The Kier molecular flexibility index (Phi) is 9.11. The van der Waals surface area contributed by atoms with Crippen LogP contribution in [0.2, 0.25) is 0 Å². The molecule has 3 N–H and O–H groups in total. The summed E-state index contributed by atoms with van der Waals surface area (Å²) in [7, 11) is -0.632. The van der Waals surface area contributed by atoms with Crippen LogP contribution in [0, 0.1) is 29.1 Å². The monoisotopic (exact) mass is 579 g/mol. The molecule has 1 aromatic heterocycles. The lowest BCUT2D eigenvalue weighted by Gasteiger charge is -2.15. The van der Waals surface area contributed by atoms with Crippen LogP contribution in [0.4, 0.5) is 56.5 Å². The van der Waals surface area contributed by atoms with E-state index in [-0.39, 0.29) is 23.1 Å². The molecule has 0 fully saturated rings. The number of methoxy groups -OCH3 is 1. The van der Waals surface area contributed by atoms with Crippen molar-refractivity contribution in [2.75, 3.05) is 42.5 Å². The lowest BCUT2D eigenvalue weighted by molar-refractivity contribution is 0.146. The molecule has 0 aliphatic carbocycles. The molecular formula is C26H22F5N5O3S. The molecule has 0 saturated heterocycles. The fourth-order valence-corrected chi connectivity index (χ4v) is 4.24. The Bertz CT molecular complexity index is 1540. The summed E-state index contributed by atoms with van der Waals surface area (Å²) in [6.45, 7) is 0.834. The van der Waals surface area contributed by atoms with Crippen LogP contribution in [-0.2, 0) is 15.5 Å². The Balaban J connectivity index is 1.52. The van der Waals surface area contributed by atoms with Crippen LogP contribution in [0.25, 0.3) is 0 Å². The second-order valence-electron chi connectivity index (χ2n) is 8.13. The summed E-state index contributed by atoms with van der Waals surface area (Å²) in [5.74, 6) is -7.94. The first-order chi connectivity index (χ1) is 19.2. The molecule has 1 atom stereocenters. The summed E-state index contributed by atoms with van der Waals surface area (Å²) < 4.78 is 93.2. The number of aromatic nitrogens is 2. The van der Waals surface area contributed by atoms with Crippen LogP contribution in [0.3, 0.4) is 0 Å². The van der Waals surface area contributed by atoms with Crippen molar-refractivity contribution in [1.29, 1.82) is 0 Å². The largest absolute Gasteiger partial charge is 0.491 e. The smallest absolute Gasteiger partial charge is 0.229 e. The number of hydrogen-bond donors (Lipinski definition) is 3. The Hall–Kier alpha value is -4.30. The van der Waals surface area contributed by atoms with Crippen LogP contribution < -0.4 is 20.7 Å². The highest BCUT2D eigenvalue weighted by molar-refractivity contribution is 7.84. The van der Waals surface area contributed by atoms with E-state index in [1.807, 2.05) is 0 Å². The van der Waals surface area contributed by atoms with Gasteiger partial charge in [-0.1, -0.05) is 6.07 Å². The predicted molar refractivity (Wildman–Crippen MR) is 141 cm³/mol. The maximum absolute atomic E-state index is 14.5. The Labute approximate surface area is 228 Å². The van der Waals surface area contributed by atoms with Gasteiger partial charge in [0.15, 0.2) is 34.9 Å². The molecular weight excluding hydrogens is 557 g/mol. The average molecular weight is 580 g/mol. The van der Waals surface area contributed by atoms with E-state index in [1.54, 1.807) is 31.4 Å². The molecule has 0 spiro atoms. The highest BCUT2D eigenvalue weighted by Gasteiger charge is 2.27. The van der Waals surface area contributed by atoms with Gasteiger partial charge in [-0.05, 0) is 42.5 Å². The third-order valence-electron chi connectivity index (χ3n) is 5.32. The normalized spacial score (nSPS) is 11.7. The molecule has 0 aliphatic rings. The molecule has 4 aromatic rings. The minimum atomic E-state index is -2.20. The van der Waals surface area contributed by atoms with Crippen LogP contribution in [0.5, 0.6) is 5.75 Å². The molecule has 0 radical (unpaired) electrons. The summed E-state index contributed by atoms with van der Waals surface area (Å²) in [5.41, 5.74) is 0.0901. The molecule has 0 saturated carbocycles. The van der Waals surface area contributed by atoms with E-state index in [9.17, 15) is 26.2 Å². The van der Waals surface area contributed by atoms with E-state index in [1.165, 1.54) is 24.3 Å². The molecule has 0 unspecified atom stereocenters. The fourth-order valence-electron chi connectivity index (χ4n) is 3.47. The molecule has 0 aliphatic heterocycles. The molecule has 14 heteroatoms. The van der Waals surface area contributed by atoms with Crippen molar-refractivity contribution >= 4 is 45.3 Å². The second-order valence-corrected chi connectivity index (χ2v) is 9.44. The average Bonchev–Trinajstić information content (AvgIpc) is 2.93. The molecule has 3 aromatic carbocycles. The quantitative estimate of drug-likeness (QED) is 0.0841. The fraction of sp³-hybridized carbons (Fsp3) is 0.154. The number of hydrogen-bond acceptors (Lipinski definition) is 8. The third kappa shape index (κ3) is 6.63. The number of rotatable bonds is 11. The van der Waals surface area contributed by atoms with Gasteiger partial charge >= 0.3 is 0 Å². The van der Waals surface area contributed by atoms with Crippen LogP contribution in [-0.4, -0.2) is 40.8 Å². The first-order valence-corrected chi connectivity index (χ1v) is 13.1. The number of ether oxygens (including phenoxy) is 2. The summed E-state index contributed by atoms with van der Waals surface area (Å²) >= 11 is 0. The van der Waals surface area contributed by atoms with Crippen molar-refractivity contribution in [2.45, 2.75) is 4.90 Å². The molecule has 4 rings (SSSR count). The predicted octanol–water partition coefficient (Wildman–Crippen LogP) is 6.17. The SMILES string of the molecule is COCCOc1ccc(Nc2ncc(F)c(Nc3cccc(Nc4c(F)c(F)c(F)c(F)c4[S@](C)=O)c3)n2)cc1. The van der Waals surface area contributed by atoms with Crippen molar-refractivity contribution in [3.05, 3.63) is 83.8 Å². The Morgan fingerprint density at radius 2 is 1.50 bits per heavy atom. The lowest BCUT2D eigenvalue weighted by Crippen LogP contribution is -2.09. The van der Waals surface area contributed by atoms with Crippen molar-refractivity contribution in [2.24, 2.45) is 0 Å². The van der Waals surface area contributed by atoms with Gasteiger partial charge in [0.05, 0.1) is 29.3 Å². The molecule has 8 nitrogen and oxygen atoms in total. The number of anilines is 6. The number of nitrogens with zero attached hydrogens (tertiary/aromatic N) is 2. The van der Waals surface area contributed by atoms with Crippen molar-refractivity contribution in [1.82, 2.24) is 9.97 Å². The van der Waals surface area contributed by atoms with Crippen LogP contribution >= 0.6 is 0 Å². The zero-order valence-corrected chi connectivity index (χ0v) is 21.8. The topological polar surface area (TPSA) is 97.4 Å². The third-order valence-corrected chi connectivity index (χ3v) is 6.28. The van der Waals surface area contributed by atoms with E-state index >= 15 is 0 Å².